The Morgan fingerprint density at radius 2 is 1.95 bits per heavy atom. The number of hydrogen-bond donors (Lipinski definition) is 1. The fourth-order valence-corrected chi connectivity index (χ4v) is 3.65. The second-order valence-corrected chi connectivity index (χ2v) is 6.56. The molecule has 1 unspecified atom stereocenters. The maximum absolute atomic E-state index is 12.5. The molecule has 2 amide bonds. The van der Waals surface area contributed by atoms with Crippen molar-refractivity contribution in [3.05, 3.63) is 27.2 Å². The zero-order chi connectivity index (χ0) is 15.4. The number of piperidine rings is 1. The summed E-state index contributed by atoms with van der Waals surface area (Å²) in [6, 6.07) is 3.31. The molecule has 0 spiro atoms. The van der Waals surface area contributed by atoms with Crippen LogP contribution in [0.4, 0.5) is 10.5 Å². The van der Waals surface area contributed by atoms with E-state index in [2.05, 4.69) is 12.2 Å². The van der Waals surface area contributed by atoms with Crippen LogP contribution in [-0.2, 0) is 0 Å². The van der Waals surface area contributed by atoms with Gasteiger partial charge in [-0.1, -0.05) is 48.1 Å². The molecule has 1 N–H and O–H groups in total. The number of likely N-dealkylation sites (tertiary alicyclic amines) is 1. The average Bonchev–Trinajstić information content (AvgIpc) is 2.43. The van der Waals surface area contributed by atoms with E-state index in [0.29, 0.717) is 26.8 Å². The van der Waals surface area contributed by atoms with Crippen molar-refractivity contribution in [2.24, 2.45) is 0 Å². The molecule has 1 fully saturated rings. The van der Waals surface area contributed by atoms with Gasteiger partial charge < -0.3 is 10.2 Å². The maximum atomic E-state index is 12.5. The molecule has 0 saturated carbocycles. The number of rotatable bonds is 3. The van der Waals surface area contributed by atoms with Gasteiger partial charge in [0.2, 0.25) is 0 Å². The molecule has 1 saturated heterocycles. The van der Waals surface area contributed by atoms with Crippen molar-refractivity contribution in [3.8, 4) is 0 Å². The highest BCUT2D eigenvalue weighted by atomic mass is 35.5. The lowest BCUT2D eigenvalue weighted by Gasteiger charge is -2.35. The van der Waals surface area contributed by atoms with Gasteiger partial charge in [0.25, 0.3) is 0 Å². The molecule has 6 heteroatoms. The van der Waals surface area contributed by atoms with Gasteiger partial charge in [-0.05, 0) is 37.8 Å². The molecule has 116 valence electrons. The van der Waals surface area contributed by atoms with Crippen LogP contribution in [0, 0.1) is 0 Å². The first-order chi connectivity index (χ1) is 10.0. The smallest absolute Gasteiger partial charge is 0.322 e. The summed E-state index contributed by atoms with van der Waals surface area (Å²) in [5, 5.41) is 3.98. The van der Waals surface area contributed by atoms with Crippen molar-refractivity contribution in [1.29, 1.82) is 0 Å². The van der Waals surface area contributed by atoms with E-state index in [9.17, 15) is 4.79 Å². The highest BCUT2D eigenvalue weighted by molar-refractivity contribution is 6.42. The topological polar surface area (TPSA) is 32.3 Å². The van der Waals surface area contributed by atoms with Crippen molar-refractivity contribution < 1.29 is 4.79 Å². The average molecular weight is 350 g/mol. The number of benzene rings is 1. The van der Waals surface area contributed by atoms with Crippen LogP contribution in [-0.4, -0.2) is 23.5 Å². The zero-order valence-electron chi connectivity index (χ0n) is 12.0. The van der Waals surface area contributed by atoms with Crippen molar-refractivity contribution in [2.75, 3.05) is 11.9 Å². The highest BCUT2D eigenvalue weighted by Gasteiger charge is 2.26. The quantitative estimate of drug-likeness (QED) is 0.731. The molecule has 0 aromatic heterocycles. The van der Waals surface area contributed by atoms with E-state index in [1.165, 1.54) is 6.42 Å². The Bertz CT molecular complexity index is 497. The number of nitrogens with one attached hydrogen (secondary N) is 1. The third-order valence-electron chi connectivity index (χ3n) is 3.75. The van der Waals surface area contributed by atoms with Crippen LogP contribution >= 0.6 is 34.8 Å². The lowest BCUT2D eigenvalue weighted by Crippen LogP contribution is -2.45. The molecule has 1 aromatic carbocycles. The van der Waals surface area contributed by atoms with E-state index < -0.39 is 0 Å². The Morgan fingerprint density at radius 1 is 1.29 bits per heavy atom. The van der Waals surface area contributed by atoms with Gasteiger partial charge in [0.15, 0.2) is 0 Å². The minimum atomic E-state index is -0.140. The molecule has 0 radical (unpaired) electrons. The molecule has 3 nitrogen and oxygen atoms in total. The van der Waals surface area contributed by atoms with Gasteiger partial charge in [-0.3, -0.25) is 0 Å². The van der Waals surface area contributed by atoms with Crippen LogP contribution in [0.1, 0.15) is 39.0 Å². The summed E-state index contributed by atoms with van der Waals surface area (Å²) in [7, 11) is 0. The van der Waals surface area contributed by atoms with Gasteiger partial charge in [0, 0.05) is 17.6 Å². The Balaban J connectivity index is 2.13. The molecule has 1 aliphatic rings. The van der Waals surface area contributed by atoms with Crippen molar-refractivity contribution in [2.45, 2.75) is 45.1 Å². The van der Waals surface area contributed by atoms with Gasteiger partial charge in [0.1, 0.15) is 0 Å². The lowest BCUT2D eigenvalue weighted by atomic mass is 9.99. The largest absolute Gasteiger partial charge is 0.322 e. The minimum Gasteiger partial charge on any atom is -0.322 e. The lowest BCUT2D eigenvalue weighted by molar-refractivity contribution is 0.157. The normalized spacial score (nSPS) is 18.7. The second-order valence-electron chi connectivity index (χ2n) is 5.31. The Hall–Kier alpha value is -0.640. The third-order valence-corrected chi connectivity index (χ3v) is 4.56. The summed E-state index contributed by atoms with van der Waals surface area (Å²) in [6.07, 6.45) is 5.36. The SMILES string of the molecule is CCCC1CCCCN1C(=O)Nc1c(Cl)cc(Cl)cc1Cl. The fraction of sp³-hybridized carbons (Fsp3) is 0.533. The Morgan fingerprint density at radius 3 is 2.57 bits per heavy atom. The van der Waals surface area contributed by atoms with E-state index >= 15 is 0 Å². The second kappa shape index (κ2) is 7.57. The summed E-state index contributed by atoms with van der Waals surface area (Å²) in [5.41, 5.74) is 0.425. The number of nitrogens with zero attached hydrogens (tertiary/aromatic N) is 1. The molecule has 2 rings (SSSR count). The van der Waals surface area contributed by atoms with E-state index in [-0.39, 0.29) is 6.03 Å². The first-order valence-electron chi connectivity index (χ1n) is 7.25. The van der Waals surface area contributed by atoms with Crippen LogP contribution in [0.25, 0.3) is 0 Å². The van der Waals surface area contributed by atoms with Crippen LogP contribution in [0.5, 0.6) is 0 Å². The number of urea groups is 1. The summed E-state index contributed by atoms with van der Waals surface area (Å²) in [6.45, 7) is 2.91. The molecule has 0 bridgehead atoms. The van der Waals surface area contributed by atoms with Gasteiger partial charge >= 0.3 is 6.03 Å². The van der Waals surface area contributed by atoms with E-state index in [1.807, 2.05) is 4.90 Å². The molecule has 1 heterocycles. The highest BCUT2D eigenvalue weighted by Crippen LogP contribution is 2.34. The van der Waals surface area contributed by atoms with Crippen molar-refractivity contribution >= 4 is 46.5 Å². The monoisotopic (exact) mass is 348 g/mol. The maximum Gasteiger partial charge on any atom is 0.322 e. The number of anilines is 1. The van der Waals surface area contributed by atoms with Crippen LogP contribution < -0.4 is 5.32 Å². The third kappa shape index (κ3) is 4.18. The molecular formula is C15H19Cl3N2O. The number of carbonyl (C=O) groups is 1. The molecule has 21 heavy (non-hydrogen) atoms. The number of amides is 2. The van der Waals surface area contributed by atoms with Gasteiger partial charge in [-0.15, -0.1) is 0 Å². The molecule has 0 aliphatic carbocycles. The summed E-state index contributed by atoms with van der Waals surface area (Å²) < 4.78 is 0. The van der Waals surface area contributed by atoms with E-state index in [0.717, 1.165) is 32.2 Å². The van der Waals surface area contributed by atoms with E-state index in [1.54, 1.807) is 12.1 Å². The van der Waals surface area contributed by atoms with Crippen LogP contribution in [0.15, 0.2) is 12.1 Å². The number of hydrogen-bond acceptors (Lipinski definition) is 1. The summed E-state index contributed by atoms with van der Waals surface area (Å²) >= 11 is 18.1. The van der Waals surface area contributed by atoms with Gasteiger partial charge in [0.05, 0.1) is 15.7 Å². The Kier molecular flexibility index (Phi) is 6.03. The summed E-state index contributed by atoms with van der Waals surface area (Å²) in [4.78, 5) is 14.4. The molecule has 1 aliphatic heterocycles. The predicted molar refractivity (Wildman–Crippen MR) is 89.7 cm³/mol. The minimum absolute atomic E-state index is 0.140. The number of carbonyl (C=O) groups excluding carboxylic acids is 1. The van der Waals surface area contributed by atoms with Gasteiger partial charge in [-0.2, -0.15) is 0 Å². The predicted octanol–water partition coefficient (Wildman–Crippen LogP) is 5.83. The van der Waals surface area contributed by atoms with Crippen LogP contribution in [0.2, 0.25) is 15.1 Å². The van der Waals surface area contributed by atoms with Crippen LogP contribution in [0.3, 0.4) is 0 Å². The fourth-order valence-electron chi connectivity index (χ4n) is 2.74. The van der Waals surface area contributed by atoms with Crippen molar-refractivity contribution in [1.82, 2.24) is 4.90 Å². The number of halogens is 3. The molecular weight excluding hydrogens is 331 g/mol. The van der Waals surface area contributed by atoms with Crippen molar-refractivity contribution in [3.63, 3.8) is 0 Å². The molecule has 1 aromatic rings. The first-order valence-corrected chi connectivity index (χ1v) is 8.38. The summed E-state index contributed by atoms with van der Waals surface area (Å²) in [5.74, 6) is 0. The van der Waals surface area contributed by atoms with Gasteiger partial charge in [-0.25, -0.2) is 4.79 Å². The Labute approximate surface area is 140 Å². The van der Waals surface area contributed by atoms with E-state index in [4.69, 9.17) is 34.8 Å². The first kappa shape index (κ1) is 16.7. The molecule has 1 atom stereocenters. The standard InChI is InChI=1S/C15H19Cl3N2O/c1-2-5-11-6-3-4-7-20(11)15(21)19-14-12(17)8-10(16)9-13(14)18/h8-9,11H,2-7H2,1H3,(H,19,21). The zero-order valence-corrected chi connectivity index (χ0v) is 14.2.